The van der Waals surface area contributed by atoms with Gasteiger partial charge in [0.1, 0.15) is 6.33 Å². The lowest BCUT2D eigenvalue weighted by molar-refractivity contribution is 0.386. The van der Waals surface area contributed by atoms with Crippen LogP contribution >= 0.6 is 0 Å². The van der Waals surface area contributed by atoms with Gasteiger partial charge in [-0.2, -0.15) is 0 Å². The molecule has 0 aliphatic carbocycles. The molecule has 0 saturated heterocycles. The van der Waals surface area contributed by atoms with Crippen LogP contribution in [-0.4, -0.2) is 23.6 Å². The molecule has 1 aromatic carbocycles. The van der Waals surface area contributed by atoms with Gasteiger partial charge in [-0.05, 0) is 23.8 Å². The van der Waals surface area contributed by atoms with Crippen molar-refractivity contribution >= 4 is 0 Å². The van der Waals surface area contributed by atoms with Crippen LogP contribution < -0.4 is 10.5 Å². The second-order valence-electron chi connectivity index (χ2n) is 3.82. The van der Waals surface area contributed by atoms with E-state index in [1.165, 1.54) is 19.5 Å². The van der Waals surface area contributed by atoms with Gasteiger partial charge in [-0.1, -0.05) is 6.07 Å². The van der Waals surface area contributed by atoms with Crippen molar-refractivity contribution in [3.63, 3.8) is 0 Å². The molecule has 2 rings (SSSR count). The van der Waals surface area contributed by atoms with Gasteiger partial charge in [0.15, 0.2) is 11.6 Å². The Labute approximate surface area is 105 Å². The number of hydrogen-bond acceptors (Lipinski definition) is 4. The Hall–Kier alpha value is -2.01. The Bertz CT molecular complexity index is 519. The Balaban J connectivity index is 2.37. The van der Waals surface area contributed by atoms with Crippen LogP contribution in [0.1, 0.15) is 17.2 Å². The fourth-order valence-electron chi connectivity index (χ4n) is 1.83. The van der Waals surface area contributed by atoms with Crippen LogP contribution in [0.2, 0.25) is 0 Å². The number of hydrogen-bond donors (Lipinski definition) is 1. The summed E-state index contributed by atoms with van der Waals surface area (Å²) in [5.41, 5.74) is 7.29. The van der Waals surface area contributed by atoms with Crippen molar-refractivity contribution in [1.29, 1.82) is 0 Å². The highest BCUT2D eigenvalue weighted by Gasteiger charge is 2.15. The Kier molecular flexibility index (Phi) is 3.84. The van der Waals surface area contributed by atoms with Crippen molar-refractivity contribution in [3.05, 3.63) is 53.9 Å². The summed E-state index contributed by atoms with van der Waals surface area (Å²) >= 11 is 0. The molecule has 0 aliphatic heterocycles. The van der Waals surface area contributed by atoms with Crippen LogP contribution in [0, 0.1) is 5.82 Å². The summed E-state index contributed by atoms with van der Waals surface area (Å²) < 4.78 is 18.6. The Morgan fingerprint density at radius 3 is 2.78 bits per heavy atom. The van der Waals surface area contributed by atoms with Gasteiger partial charge < -0.3 is 10.5 Å². The van der Waals surface area contributed by atoms with E-state index in [-0.39, 0.29) is 11.7 Å². The van der Waals surface area contributed by atoms with Gasteiger partial charge in [0.05, 0.1) is 12.8 Å². The minimum absolute atomic E-state index is 0.145. The van der Waals surface area contributed by atoms with Gasteiger partial charge >= 0.3 is 0 Å². The number of benzene rings is 1. The first kappa shape index (κ1) is 12.4. The van der Waals surface area contributed by atoms with Crippen molar-refractivity contribution in [1.82, 2.24) is 9.97 Å². The van der Waals surface area contributed by atoms with Crippen LogP contribution in [0.15, 0.2) is 36.8 Å². The summed E-state index contributed by atoms with van der Waals surface area (Å²) in [5, 5.41) is 0. The van der Waals surface area contributed by atoms with Crippen molar-refractivity contribution in [2.24, 2.45) is 5.73 Å². The normalized spacial score (nSPS) is 12.2. The van der Waals surface area contributed by atoms with Crippen molar-refractivity contribution < 1.29 is 9.13 Å². The largest absolute Gasteiger partial charge is 0.494 e. The highest BCUT2D eigenvalue weighted by molar-refractivity contribution is 5.35. The molecule has 2 aromatic rings. The summed E-state index contributed by atoms with van der Waals surface area (Å²) in [5.74, 6) is -0.326. The minimum atomic E-state index is -0.400. The zero-order valence-electron chi connectivity index (χ0n) is 10.0. The molecule has 1 heterocycles. The Morgan fingerprint density at radius 1 is 1.39 bits per heavy atom. The molecule has 0 bridgehead atoms. The van der Waals surface area contributed by atoms with E-state index in [0.717, 1.165) is 11.3 Å². The molecular formula is C13H14FN3O. The molecule has 0 spiro atoms. The molecular weight excluding hydrogens is 233 g/mol. The first-order chi connectivity index (χ1) is 8.76. The van der Waals surface area contributed by atoms with Gasteiger partial charge in [0.25, 0.3) is 0 Å². The summed E-state index contributed by atoms with van der Waals surface area (Å²) in [6, 6.07) is 6.59. The van der Waals surface area contributed by atoms with E-state index in [0.29, 0.717) is 6.54 Å². The zero-order chi connectivity index (χ0) is 13.0. The zero-order valence-corrected chi connectivity index (χ0v) is 10.0. The maximum atomic E-state index is 13.7. The third-order valence-corrected chi connectivity index (χ3v) is 2.78. The lowest BCUT2D eigenvalue weighted by atomic mass is 9.95. The second kappa shape index (κ2) is 5.55. The standard InChI is InChI=1S/C13H14FN3O/c1-18-13-3-2-9(6-11(13)14)10(7-15)12-4-5-16-8-17-12/h2-6,8,10H,7,15H2,1H3. The SMILES string of the molecule is COc1ccc(C(CN)c2ccncn2)cc1F. The number of nitrogens with two attached hydrogens (primary N) is 1. The fourth-order valence-corrected chi connectivity index (χ4v) is 1.83. The molecule has 0 fully saturated rings. The molecule has 18 heavy (non-hydrogen) atoms. The lowest BCUT2D eigenvalue weighted by Crippen LogP contribution is -2.15. The van der Waals surface area contributed by atoms with E-state index in [1.807, 2.05) is 0 Å². The molecule has 2 N–H and O–H groups in total. The maximum absolute atomic E-state index is 13.7. The average Bonchev–Trinajstić information content (AvgIpc) is 2.41. The molecule has 1 unspecified atom stereocenters. The van der Waals surface area contributed by atoms with Crippen LogP contribution in [-0.2, 0) is 0 Å². The molecule has 0 saturated carbocycles. The van der Waals surface area contributed by atoms with Crippen LogP contribution in [0.3, 0.4) is 0 Å². The number of halogens is 1. The molecule has 0 radical (unpaired) electrons. The number of ether oxygens (including phenoxy) is 1. The molecule has 1 atom stereocenters. The molecule has 4 nitrogen and oxygen atoms in total. The maximum Gasteiger partial charge on any atom is 0.165 e. The first-order valence-corrected chi connectivity index (χ1v) is 5.55. The monoisotopic (exact) mass is 247 g/mol. The van der Waals surface area contributed by atoms with Gasteiger partial charge in [-0.3, -0.25) is 0 Å². The summed E-state index contributed by atoms with van der Waals surface area (Å²) in [6.07, 6.45) is 3.10. The third-order valence-electron chi connectivity index (χ3n) is 2.78. The van der Waals surface area contributed by atoms with Gasteiger partial charge in [-0.25, -0.2) is 14.4 Å². The van der Waals surface area contributed by atoms with Gasteiger partial charge in [0.2, 0.25) is 0 Å². The van der Waals surface area contributed by atoms with E-state index in [2.05, 4.69) is 9.97 Å². The van der Waals surface area contributed by atoms with E-state index in [1.54, 1.807) is 24.4 Å². The average molecular weight is 247 g/mol. The summed E-state index contributed by atoms with van der Waals surface area (Å²) in [7, 11) is 1.43. The quantitative estimate of drug-likeness (QED) is 0.893. The van der Waals surface area contributed by atoms with Gasteiger partial charge in [-0.15, -0.1) is 0 Å². The minimum Gasteiger partial charge on any atom is -0.494 e. The van der Waals surface area contributed by atoms with Crippen molar-refractivity contribution in [2.75, 3.05) is 13.7 Å². The van der Waals surface area contributed by atoms with Crippen LogP contribution in [0.4, 0.5) is 4.39 Å². The van der Waals surface area contributed by atoms with Gasteiger partial charge in [0, 0.05) is 18.7 Å². The predicted octanol–water partition coefficient (Wildman–Crippen LogP) is 1.71. The Morgan fingerprint density at radius 2 is 2.22 bits per heavy atom. The number of rotatable bonds is 4. The molecule has 94 valence electrons. The molecule has 1 aromatic heterocycles. The van der Waals surface area contributed by atoms with Crippen molar-refractivity contribution in [3.8, 4) is 5.75 Å². The van der Waals surface area contributed by atoms with Crippen LogP contribution in [0.5, 0.6) is 5.75 Å². The highest BCUT2D eigenvalue weighted by atomic mass is 19.1. The topological polar surface area (TPSA) is 61.0 Å². The van der Waals surface area contributed by atoms with Crippen LogP contribution in [0.25, 0.3) is 0 Å². The molecule has 5 heteroatoms. The summed E-state index contributed by atoms with van der Waals surface area (Å²) in [4.78, 5) is 8.01. The summed E-state index contributed by atoms with van der Waals surface area (Å²) in [6.45, 7) is 0.350. The predicted molar refractivity (Wildman–Crippen MR) is 65.9 cm³/mol. The van der Waals surface area contributed by atoms with E-state index in [4.69, 9.17) is 10.5 Å². The molecule has 0 aliphatic rings. The number of methoxy groups -OCH3 is 1. The van der Waals surface area contributed by atoms with Crippen molar-refractivity contribution in [2.45, 2.75) is 5.92 Å². The second-order valence-corrected chi connectivity index (χ2v) is 3.82. The van der Waals surface area contributed by atoms with E-state index in [9.17, 15) is 4.39 Å². The molecule has 0 amide bonds. The lowest BCUT2D eigenvalue weighted by Gasteiger charge is -2.15. The highest BCUT2D eigenvalue weighted by Crippen LogP contribution is 2.26. The fraction of sp³-hybridized carbons (Fsp3) is 0.231. The smallest absolute Gasteiger partial charge is 0.165 e. The first-order valence-electron chi connectivity index (χ1n) is 5.55. The third kappa shape index (κ3) is 2.46. The number of nitrogens with zero attached hydrogens (tertiary/aromatic N) is 2. The van der Waals surface area contributed by atoms with E-state index >= 15 is 0 Å². The number of aromatic nitrogens is 2. The van der Waals surface area contributed by atoms with E-state index < -0.39 is 5.82 Å².